The zero-order valence-electron chi connectivity index (χ0n) is 17.0. The number of thioether (sulfide) groups is 2. The summed E-state index contributed by atoms with van der Waals surface area (Å²) in [5, 5.41) is 0. The zero-order chi connectivity index (χ0) is 21.6. The SMILES string of the molecule is C=C(C)C(=O)Oc1ccc(-c2ccc(OC(=O)C(=C)C)c(SCC)c2)cc1SC. The fourth-order valence-corrected chi connectivity index (χ4v) is 3.67. The molecular formula is C23H24O4S2. The van der Waals surface area contributed by atoms with Crippen molar-refractivity contribution in [2.75, 3.05) is 12.0 Å². The third kappa shape index (κ3) is 6.02. The van der Waals surface area contributed by atoms with Gasteiger partial charge in [0.2, 0.25) is 0 Å². The second kappa shape index (κ2) is 10.4. The predicted molar refractivity (Wildman–Crippen MR) is 121 cm³/mol. The Morgan fingerprint density at radius 1 is 0.862 bits per heavy atom. The number of carbonyl (C=O) groups excluding carboxylic acids is 2. The van der Waals surface area contributed by atoms with Gasteiger partial charge in [-0.2, -0.15) is 0 Å². The molecule has 4 nitrogen and oxygen atoms in total. The van der Waals surface area contributed by atoms with Gasteiger partial charge in [0.1, 0.15) is 11.5 Å². The van der Waals surface area contributed by atoms with Gasteiger partial charge in [-0.25, -0.2) is 9.59 Å². The third-order valence-corrected chi connectivity index (χ3v) is 5.52. The normalized spacial score (nSPS) is 10.3. The summed E-state index contributed by atoms with van der Waals surface area (Å²) in [6, 6.07) is 11.3. The van der Waals surface area contributed by atoms with Crippen molar-refractivity contribution in [2.45, 2.75) is 30.6 Å². The molecule has 0 atom stereocenters. The largest absolute Gasteiger partial charge is 0.422 e. The molecule has 29 heavy (non-hydrogen) atoms. The van der Waals surface area contributed by atoms with Crippen molar-refractivity contribution < 1.29 is 19.1 Å². The van der Waals surface area contributed by atoms with E-state index in [9.17, 15) is 9.59 Å². The fraction of sp³-hybridized carbons (Fsp3) is 0.217. The van der Waals surface area contributed by atoms with Gasteiger partial charge in [0.05, 0.1) is 9.79 Å². The van der Waals surface area contributed by atoms with Gasteiger partial charge in [-0.3, -0.25) is 0 Å². The van der Waals surface area contributed by atoms with Crippen LogP contribution in [0.25, 0.3) is 11.1 Å². The van der Waals surface area contributed by atoms with E-state index in [1.807, 2.05) is 37.4 Å². The summed E-state index contributed by atoms with van der Waals surface area (Å²) >= 11 is 3.09. The van der Waals surface area contributed by atoms with Crippen molar-refractivity contribution in [1.82, 2.24) is 0 Å². The van der Waals surface area contributed by atoms with Gasteiger partial charge >= 0.3 is 11.9 Å². The molecule has 0 unspecified atom stereocenters. The molecule has 0 aliphatic rings. The first-order valence-corrected chi connectivity index (χ1v) is 11.2. The molecule has 0 N–H and O–H groups in total. The molecule has 152 valence electrons. The lowest BCUT2D eigenvalue weighted by atomic mass is 10.1. The number of benzene rings is 2. The summed E-state index contributed by atoms with van der Waals surface area (Å²) in [7, 11) is 0. The summed E-state index contributed by atoms with van der Waals surface area (Å²) in [5.74, 6) is 0.977. The lowest BCUT2D eigenvalue weighted by Crippen LogP contribution is -2.09. The summed E-state index contributed by atoms with van der Waals surface area (Å²) < 4.78 is 10.9. The highest BCUT2D eigenvalue weighted by Crippen LogP contribution is 2.37. The fourth-order valence-electron chi connectivity index (χ4n) is 2.35. The van der Waals surface area contributed by atoms with Crippen molar-refractivity contribution in [1.29, 1.82) is 0 Å². The van der Waals surface area contributed by atoms with Crippen LogP contribution in [0.2, 0.25) is 0 Å². The summed E-state index contributed by atoms with van der Waals surface area (Å²) in [6.45, 7) is 12.5. The summed E-state index contributed by atoms with van der Waals surface area (Å²) in [6.07, 6.45) is 1.93. The lowest BCUT2D eigenvalue weighted by Gasteiger charge is -2.13. The van der Waals surface area contributed by atoms with Crippen LogP contribution in [0.3, 0.4) is 0 Å². The Bertz CT molecular complexity index is 963. The molecule has 0 aromatic heterocycles. The zero-order valence-corrected chi connectivity index (χ0v) is 18.7. The molecule has 2 aromatic rings. The molecule has 2 rings (SSSR count). The smallest absolute Gasteiger partial charge is 0.338 e. The quantitative estimate of drug-likeness (QED) is 0.217. The van der Waals surface area contributed by atoms with Gasteiger partial charge in [-0.05, 0) is 61.2 Å². The highest BCUT2D eigenvalue weighted by molar-refractivity contribution is 7.99. The van der Waals surface area contributed by atoms with Crippen LogP contribution < -0.4 is 9.47 Å². The number of hydrogen-bond donors (Lipinski definition) is 0. The van der Waals surface area contributed by atoms with Crippen LogP contribution in [0, 0.1) is 0 Å². The van der Waals surface area contributed by atoms with E-state index < -0.39 is 11.9 Å². The minimum Gasteiger partial charge on any atom is -0.422 e. The second-order valence-electron chi connectivity index (χ2n) is 6.30. The van der Waals surface area contributed by atoms with E-state index in [0.717, 1.165) is 26.7 Å². The van der Waals surface area contributed by atoms with Gasteiger partial charge < -0.3 is 9.47 Å². The molecule has 0 spiro atoms. The molecule has 0 heterocycles. The Morgan fingerprint density at radius 3 is 1.72 bits per heavy atom. The van der Waals surface area contributed by atoms with Crippen LogP contribution in [-0.2, 0) is 9.59 Å². The topological polar surface area (TPSA) is 52.6 Å². The van der Waals surface area contributed by atoms with E-state index in [2.05, 4.69) is 13.2 Å². The van der Waals surface area contributed by atoms with E-state index >= 15 is 0 Å². The summed E-state index contributed by atoms with van der Waals surface area (Å²) in [4.78, 5) is 25.5. The third-order valence-electron chi connectivity index (χ3n) is 3.84. The monoisotopic (exact) mass is 428 g/mol. The minimum absolute atomic E-state index is 0.349. The molecule has 0 aliphatic heterocycles. The van der Waals surface area contributed by atoms with Crippen LogP contribution in [0.15, 0.2) is 70.5 Å². The van der Waals surface area contributed by atoms with Gasteiger partial charge in [-0.15, -0.1) is 23.5 Å². The first-order valence-electron chi connectivity index (χ1n) is 8.97. The molecule has 6 heteroatoms. The first kappa shape index (κ1) is 22.8. The van der Waals surface area contributed by atoms with Gasteiger partial charge in [0.15, 0.2) is 0 Å². The maximum absolute atomic E-state index is 11.9. The minimum atomic E-state index is -0.446. The van der Waals surface area contributed by atoms with Gasteiger partial charge in [0, 0.05) is 11.1 Å². The Morgan fingerprint density at radius 2 is 1.31 bits per heavy atom. The van der Waals surface area contributed by atoms with E-state index in [4.69, 9.17) is 9.47 Å². The van der Waals surface area contributed by atoms with Crippen LogP contribution in [-0.4, -0.2) is 23.9 Å². The van der Waals surface area contributed by atoms with E-state index in [-0.39, 0.29) is 0 Å². The molecular weight excluding hydrogens is 404 g/mol. The molecule has 0 saturated heterocycles. The molecule has 0 radical (unpaired) electrons. The van der Waals surface area contributed by atoms with Crippen LogP contribution in [0.1, 0.15) is 20.8 Å². The van der Waals surface area contributed by atoms with Crippen molar-refractivity contribution in [3.8, 4) is 22.6 Å². The Kier molecular flexibility index (Phi) is 8.17. The molecule has 0 bridgehead atoms. The highest BCUT2D eigenvalue weighted by atomic mass is 32.2. The van der Waals surface area contributed by atoms with Crippen LogP contribution >= 0.6 is 23.5 Å². The standard InChI is InChI=1S/C23H24O4S2/c1-7-29-21-13-17(9-11-19(21)27-23(25)15(4)5)16-8-10-18(20(12-16)28-6)26-22(24)14(2)3/h8-13H,2,4,7H2,1,3,5-6H3. The van der Waals surface area contributed by atoms with Crippen LogP contribution in [0.4, 0.5) is 0 Å². The maximum Gasteiger partial charge on any atom is 0.338 e. The van der Waals surface area contributed by atoms with Crippen molar-refractivity contribution in [3.63, 3.8) is 0 Å². The van der Waals surface area contributed by atoms with Crippen molar-refractivity contribution in [3.05, 3.63) is 60.7 Å². The first-order chi connectivity index (χ1) is 13.8. The van der Waals surface area contributed by atoms with Crippen molar-refractivity contribution in [2.24, 2.45) is 0 Å². The molecule has 0 aliphatic carbocycles. The Hall–Kier alpha value is -2.44. The second-order valence-corrected chi connectivity index (χ2v) is 8.45. The lowest BCUT2D eigenvalue weighted by molar-refractivity contribution is -0.131. The molecule has 0 amide bonds. The average Bonchev–Trinajstić information content (AvgIpc) is 2.69. The van der Waals surface area contributed by atoms with E-state index in [1.54, 1.807) is 37.7 Å². The Balaban J connectivity index is 2.39. The number of hydrogen-bond acceptors (Lipinski definition) is 6. The van der Waals surface area contributed by atoms with Gasteiger partial charge in [-0.1, -0.05) is 32.2 Å². The molecule has 0 fully saturated rings. The molecule has 2 aromatic carbocycles. The average molecular weight is 429 g/mol. The maximum atomic E-state index is 11.9. The van der Waals surface area contributed by atoms with Crippen molar-refractivity contribution >= 4 is 35.5 Å². The summed E-state index contributed by atoms with van der Waals surface area (Å²) in [5.41, 5.74) is 2.65. The van der Waals surface area contributed by atoms with Crippen LogP contribution in [0.5, 0.6) is 11.5 Å². The number of ether oxygens (including phenoxy) is 2. The predicted octanol–water partition coefficient (Wildman–Crippen LogP) is 6.15. The number of rotatable bonds is 8. The number of carbonyl (C=O) groups is 2. The highest BCUT2D eigenvalue weighted by Gasteiger charge is 2.14. The van der Waals surface area contributed by atoms with E-state index in [1.165, 1.54) is 11.8 Å². The number of esters is 2. The Labute approximate surface area is 180 Å². The molecule has 0 saturated carbocycles. The van der Waals surface area contributed by atoms with E-state index in [0.29, 0.717) is 22.6 Å². The van der Waals surface area contributed by atoms with Gasteiger partial charge in [0.25, 0.3) is 0 Å².